The quantitative estimate of drug-likeness (QED) is 0.260. The van der Waals surface area contributed by atoms with Crippen molar-refractivity contribution in [3.05, 3.63) is 94.0 Å². The molecule has 1 amide bonds. The number of nitrogens with one attached hydrogen (secondary N) is 1. The van der Waals surface area contributed by atoms with Crippen molar-refractivity contribution in [2.24, 2.45) is 12.1 Å². The first-order valence-electron chi connectivity index (χ1n) is 9.85. The normalized spacial score (nSPS) is 11.1. The van der Waals surface area contributed by atoms with E-state index in [0.717, 1.165) is 11.0 Å². The van der Waals surface area contributed by atoms with Gasteiger partial charge in [-0.3, -0.25) is 14.9 Å². The fraction of sp³-hybridized carbons (Fsp3) is 0.0870. The Kier molecular flexibility index (Phi) is 6.07. The summed E-state index contributed by atoms with van der Waals surface area (Å²) in [7, 11) is 1.83. The van der Waals surface area contributed by atoms with Gasteiger partial charge in [0.15, 0.2) is 0 Å². The fourth-order valence-corrected chi connectivity index (χ4v) is 3.19. The SMILES string of the molecule is Cn1c(CC(=O)NN=Cc2ccc(Oc3ccc(F)cc3)c([N+](=O)[O-])c2)nc2ccccc21. The third-order valence-electron chi connectivity index (χ3n) is 4.82. The van der Waals surface area contributed by atoms with Crippen molar-refractivity contribution >= 4 is 28.8 Å². The second-order valence-corrected chi connectivity index (χ2v) is 7.09. The first kappa shape index (κ1) is 21.6. The van der Waals surface area contributed by atoms with Crippen LogP contribution in [0.2, 0.25) is 0 Å². The molecule has 0 atom stereocenters. The number of imidazole rings is 1. The van der Waals surface area contributed by atoms with E-state index in [4.69, 9.17) is 4.74 Å². The third-order valence-corrected chi connectivity index (χ3v) is 4.82. The predicted molar refractivity (Wildman–Crippen MR) is 120 cm³/mol. The number of rotatable bonds is 7. The van der Waals surface area contributed by atoms with Gasteiger partial charge in [-0.2, -0.15) is 5.10 Å². The number of hydrazone groups is 1. The minimum atomic E-state index is -0.597. The number of fused-ring (bicyclic) bond motifs is 1. The summed E-state index contributed by atoms with van der Waals surface area (Å²) >= 11 is 0. The molecule has 9 nitrogen and oxygen atoms in total. The standard InChI is InChI=1S/C23H18FN5O4/c1-28-19-5-3-2-4-18(19)26-22(28)13-23(30)27-25-14-15-6-11-21(20(12-15)29(31)32)33-17-9-7-16(24)8-10-17/h2-12,14H,13H2,1H3,(H,27,30). The van der Waals surface area contributed by atoms with Crippen LogP contribution in [0.15, 0.2) is 71.8 Å². The highest BCUT2D eigenvalue weighted by Gasteiger charge is 2.17. The zero-order valence-electron chi connectivity index (χ0n) is 17.4. The van der Waals surface area contributed by atoms with Gasteiger partial charge in [-0.05, 0) is 48.5 Å². The van der Waals surface area contributed by atoms with Crippen LogP contribution in [0.3, 0.4) is 0 Å². The molecule has 0 aliphatic rings. The maximum atomic E-state index is 13.0. The highest BCUT2D eigenvalue weighted by Crippen LogP contribution is 2.32. The first-order valence-corrected chi connectivity index (χ1v) is 9.85. The average Bonchev–Trinajstić information content (AvgIpc) is 3.11. The number of benzene rings is 3. The summed E-state index contributed by atoms with van der Waals surface area (Å²) in [5.41, 5.74) is 4.20. The number of para-hydroxylation sites is 2. The molecule has 0 saturated carbocycles. The van der Waals surface area contributed by atoms with Gasteiger partial charge >= 0.3 is 5.69 Å². The Morgan fingerprint density at radius 3 is 2.70 bits per heavy atom. The Labute approximate surface area is 187 Å². The molecule has 4 aromatic rings. The Bertz CT molecular complexity index is 1370. The zero-order chi connectivity index (χ0) is 23.4. The molecule has 166 valence electrons. The summed E-state index contributed by atoms with van der Waals surface area (Å²) in [4.78, 5) is 27.5. The smallest absolute Gasteiger partial charge is 0.312 e. The molecule has 4 rings (SSSR count). The van der Waals surface area contributed by atoms with Crippen molar-refractivity contribution in [1.29, 1.82) is 0 Å². The molecule has 1 aromatic heterocycles. The van der Waals surface area contributed by atoms with Crippen LogP contribution >= 0.6 is 0 Å². The molecular weight excluding hydrogens is 429 g/mol. The molecule has 0 spiro atoms. The highest BCUT2D eigenvalue weighted by atomic mass is 19.1. The average molecular weight is 447 g/mol. The van der Waals surface area contributed by atoms with Gasteiger partial charge < -0.3 is 9.30 Å². The van der Waals surface area contributed by atoms with E-state index in [0.29, 0.717) is 11.4 Å². The highest BCUT2D eigenvalue weighted by molar-refractivity contribution is 5.85. The van der Waals surface area contributed by atoms with Crippen LogP contribution in [0.1, 0.15) is 11.4 Å². The number of nitrogens with zero attached hydrogens (tertiary/aromatic N) is 4. The third kappa shape index (κ3) is 5.01. The monoisotopic (exact) mass is 447 g/mol. The van der Waals surface area contributed by atoms with E-state index in [1.54, 1.807) is 6.07 Å². The van der Waals surface area contributed by atoms with E-state index in [9.17, 15) is 19.3 Å². The number of hydrogen-bond donors (Lipinski definition) is 1. The van der Waals surface area contributed by atoms with Crippen molar-refractivity contribution in [3.63, 3.8) is 0 Å². The molecule has 0 saturated heterocycles. The first-order chi connectivity index (χ1) is 15.9. The van der Waals surface area contributed by atoms with Crippen LogP contribution in [0.4, 0.5) is 10.1 Å². The van der Waals surface area contributed by atoms with Crippen molar-refractivity contribution in [1.82, 2.24) is 15.0 Å². The molecular formula is C23H18FN5O4. The molecule has 33 heavy (non-hydrogen) atoms. The molecule has 3 aromatic carbocycles. The van der Waals surface area contributed by atoms with Crippen LogP contribution in [-0.2, 0) is 18.3 Å². The van der Waals surface area contributed by atoms with Gasteiger partial charge in [0.25, 0.3) is 0 Å². The van der Waals surface area contributed by atoms with Crippen LogP contribution in [-0.4, -0.2) is 26.6 Å². The minimum absolute atomic E-state index is 0.00496. The number of nitro groups is 1. The lowest BCUT2D eigenvalue weighted by Gasteiger charge is -2.07. The number of aryl methyl sites for hydroxylation is 1. The number of nitro benzene ring substituents is 1. The lowest BCUT2D eigenvalue weighted by molar-refractivity contribution is -0.385. The van der Waals surface area contributed by atoms with Crippen LogP contribution < -0.4 is 10.2 Å². The Morgan fingerprint density at radius 2 is 1.97 bits per heavy atom. The molecule has 1 N–H and O–H groups in total. The number of carbonyl (C=O) groups is 1. The van der Waals surface area contributed by atoms with Gasteiger partial charge in [0, 0.05) is 18.7 Å². The molecule has 0 fully saturated rings. The van der Waals surface area contributed by atoms with Crippen LogP contribution in [0.5, 0.6) is 11.5 Å². The topological polar surface area (TPSA) is 112 Å². The number of aromatic nitrogens is 2. The molecule has 10 heteroatoms. The summed E-state index contributed by atoms with van der Waals surface area (Å²) < 4.78 is 20.4. The summed E-state index contributed by atoms with van der Waals surface area (Å²) in [6.07, 6.45) is 1.31. The van der Waals surface area contributed by atoms with Gasteiger partial charge in [0.2, 0.25) is 11.7 Å². The van der Waals surface area contributed by atoms with Crippen molar-refractivity contribution < 1.29 is 18.8 Å². The van der Waals surface area contributed by atoms with E-state index in [2.05, 4.69) is 15.5 Å². The molecule has 0 aliphatic heterocycles. The number of hydrogen-bond acceptors (Lipinski definition) is 6. The predicted octanol–water partition coefficient (Wildman–Crippen LogP) is 4.11. The van der Waals surface area contributed by atoms with E-state index in [1.807, 2.05) is 35.9 Å². The van der Waals surface area contributed by atoms with Gasteiger partial charge in [-0.25, -0.2) is 14.8 Å². The molecule has 0 unspecified atom stereocenters. The summed E-state index contributed by atoms with van der Waals surface area (Å²) in [6, 6.07) is 16.9. The lowest BCUT2D eigenvalue weighted by Crippen LogP contribution is -2.21. The summed E-state index contributed by atoms with van der Waals surface area (Å²) in [5.74, 6) is 0.0173. The second kappa shape index (κ2) is 9.27. The molecule has 0 radical (unpaired) electrons. The number of ether oxygens (including phenoxy) is 1. The van der Waals surface area contributed by atoms with Gasteiger partial charge in [-0.1, -0.05) is 12.1 Å². The van der Waals surface area contributed by atoms with Gasteiger partial charge in [-0.15, -0.1) is 0 Å². The zero-order valence-corrected chi connectivity index (χ0v) is 17.4. The Balaban J connectivity index is 1.43. The molecule has 0 bridgehead atoms. The van der Waals surface area contributed by atoms with E-state index >= 15 is 0 Å². The van der Waals surface area contributed by atoms with E-state index in [1.165, 1.54) is 42.6 Å². The second-order valence-electron chi connectivity index (χ2n) is 7.09. The minimum Gasteiger partial charge on any atom is -0.450 e. The number of carbonyl (C=O) groups excluding carboxylic acids is 1. The maximum absolute atomic E-state index is 13.0. The number of halogens is 1. The van der Waals surface area contributed by atoms with Crippen LogP contribution in [0.25, 0.3) is 11.0 Å². The fourth-order valence-electron chi connectivity index (χ4n) is 3.19. The number of amides is 1. The Hall–Kier alpha value is -4.60. The van der Waals surface area contributed by atoms with E-state index in [-0.39, 0.29) is 29.5 Å². The largest absolute Gasteiger partial charge is 0.450 e. The lowest BCUT2D eigenvalue weighted by atomic mass is 10.2. The van der Waals surface area contributed by atoms with Gasteiger partial charge in [0.05, 0.1) is 28.6 Å². The van der Waals surface area contributed by atoms with Gasteiger partial charge in [0.1, 0.15) is 17.4 Å². The summed E-state index contributed by atoms with van der Waals surface area (Å²) in [6.45, 7) is 0. The van der Waals surface area contributed by atoms with Crippen molar-refractivity contribution in [2.45, 2.75) is 6.42 Å². The van der Waals surface area contributed by atoms with Crippen molar-refractivity contribution in [3.8, 4) is 11.5 Å². The maximum Gasteiger partial charge on any atom is 0.312 e. The van der Waals surface area contributed by atoms with E-state index < -0.39 is 10.7 Å². The molecule has 1 heterocycles. The molecule has 0 aliphatic carbocycles. The van der Waals surface area contributed by atoms with Crippen molar-refractivity contribution in [2.75, 3.05) is 0 Å². The summed E-state index contributed by atoms with van der Waals surface area (Å²) in [5, 5.41) is 15.3. The van der Waals surface area contributed by atoms with Crippen LogP contribution in [0, 0.1) is 15.9 Å². The Morgan fingerprint density at radius 1 is 1.21 bits per heavy atom.